The van der Waals surface area contributed by atoms with Gasteiger partial charge in [0, 0.05) is 24.6 Å². The van der Waals surface area contributed by atoms with Crippen LogP contribution in [-0.2, 0) is 4.74 Å². The molecule has 1 aromatic heterocycles. The van der Waals surface area contributed by atoms with Gasteiger partial charge in [-0.3, -0.25) is 4.90 Å². The van der Waals surface area contributed by atoms with E-state index in [0.29, 0.717) is 24.3 Å². The van der Waals surface area contributed by atoms with Gasteiger partial charge in [-0.15, -0.1) is 11.3 Å². The van der Waals surface area contributed by atoms with Crippen LogP contribution in [0.2, 0.25) is 0 Å². The summed E-state index contributed by atoms with van der Waals surface area (Å²) in [4.78, 5) is 22.2. The molecule has 2 aliphatic heterocycles. The molecular weight excluding hydrogens is 406 g/mol. The van der Waals surface area contributed by atoms with Crippen molar-refractivity contribution in [2.75, 3.05) is 26.7 Å². The van der Waals surface area contributed by atoms with Crippen molar-refractivity contribution in [3.05, 3.63) is 34.8 Å². The number of carbonyl (C=O) groups is 1. The Kier molecular flexibility index (Phi) is 6.14. The molecule has 2 aliphatic rings. The van der Waals surface area contributed by atoms with Gasteiger partial charge in [-0.1, -0.05) is 26.0 Å². The van der Waals surface area contributed by atoms with E-state index in [1.54, 1.807) is 4.90 Å². The van der Waals surface area contributed by atoms with E-state index in [2.05, 4.69) is 50.1 Å². The van der Waals surface area contributed by atoms with Gasteiger partial charge in [0.1, 0.15) is 5.60 Å². The van der Waals surface area contributed by atoms with Crippen LogP contribution < -0.4 is 0 Å². The number of aromatic nitrogens is 1. The summed E-state index contributed by atoms with van der Waals surface area (Å²) in [6.45, 7) is 13.2. The van der Waals surface area contributed by atoms with Gasteiger partial charge in [-0.05, 0) is 71.2 Å². The van der Waals surface area contributed by atoms with E-state index < -0.39 is 5.60 Å². The number of piperidine rings is 1. The highest BCUT2D eigenvalue weighted by Crippen LogP contribution is 2.38. The minimum atomic E-state index is -0.512. The van der Waals surface area contributed by atoms with Gasteiger partial charge in [0.25, 0.3) is 0 Å². The number of nitrogens with zero attached hydrogens (tertiary/aromatic N) is 3. The third kappa shape index (κ3) is 4.96. The molecule has 0 N–H and O–H groups in total. The third-order valence-corrected chi connectivity index (χ3v) is 7.41. The number of fused-ring (bicyclic) bond motifs is 1. The molecule has 6 heteroatoms. The van der Waals surface area contributed by atoms with Crippen LogP contribution in [0, 0.1) is 11.8 Å². The molecule has 1 fully saturated rings. The summed E-state index contributed by atoms with van der Waals surface area (Å²) in [6.07, 6.45) is 4.03. The van der Waals surface area contributed by atoms with Crippen molar-refractivity contribution in [3.8, 4) is 0 Å². The number of ether oxygens (including phenoxy) is 1. The van der Waals surface area contributed by atoms with Crippen LogP contribution in [0.15, 0.2) is 24.3 Å². The molecule has 0 spiro atoms. The second-order valence-electron chi connectivity index (χ2n) is 10.4. The molecule has 0 bridgehead atoms. The van der Waals surface area contributed by atoms with Gasteiger partial charge in [0.15, 0.2) is 0 Å². The first-order valence-corrected chi connectivity index (χ1v) is 12.2. The standard InChI is InChI=1S/C25H35N3O2S/c1-16-7-9-21(28(14-16)24(29)30-25(3,4)5)18-8-10-22-20(13-18)26-23(31-22)19-11-12-27(6)15-17(19)2/h8-10,13,16-17,19H,7,11-12,14-15H2,1-6H3/t16-,17?,19?/m0/s1. The molecule has 3 heterocycles. The topological polar surface area (TPSA) is 45.7 Å². The largest absolute Gasteiger partial charge is 0.443 e. The van der Waals surface area contributed by atoms with Gasteiger partial charge in [0.2, 0.25) is 0 Å². The van der Waals surface area contributed by atoms with E-state index in [0.717, 1.165) is 36.3 Å². The summed E-state index contributed by atoms with van der Waals surface area (Å²) >= 11 is 1.83. The Hall–Kier alpha value is -1.92. The Balaban J connectivity index is 1.63. The van der Waals surface area contributed by atoms with Gasteiger partial charge in [-0.25, -0.2) is 9.78 Å². The minimum absolute atomic E-state index is 0.274. The van der Waals surface area contributed by atoms with E-state index >= 15 is 0 Å². The minimum Gasteiger partial charge on any atom is -0.443 e. The first-order valence-electron chi connectivity index (χ1n) is 11.4. The van der Waals surface area contributed by atoms with Crippen molar-refractivity contribution in [2.24, 2.45) is 11.8 Å². The number of amides is 1. The molecule has 2 unspecified atom stereocenters. The number of allylic oxidation sites excluding steroid dienone is 1. The van der Waals surface area contributed by atoms with Crippen molar-refractivity contribution in [3.63, 3.8) is 0 Å². The lowest BCUT2D eigenvalue weighted by molar-refractivity contribution is 0.0327. The van der Waals surface area contributed by atoms with Crippen LogP contribution in [-0.4, -0.2) is 53.2 Å². The van der Waals surface area contributed by atoms with Gasteiger partial charge in [-0.2, -0.15) is 0 Å². The maximum absolute atomic E-state index is 12.9. The number of likely N-dealkylation sites (tertiary alicyclic amines) is 1. The van der Waals surface area contributed by atoms with Crippen LogP contribution in [0.3, 0.4) is 0 Å². The van der Waals surface area contributed by atoms with Gasteiger partial charge in [0.05, 0.1) is 20.9 Å². The number of hydrogen-bond donors (Lipinski definition) is 0. The van der Waals surface area contributed by atoms with E-state index in [1.165, 1.54) is 16.1 Å². The van der Waals surface area contributed by atoms with Crippen molar-refractivity contribution in [1.82, 2.24) is 14.8 Å². The zero-order chi connectivity index (χ0) is 22.3. The molecule has 1 saturated heterocycles. The van der Waals surface area contributed by atoms with Crippen molar-refractivity contribution in [1.29, 1.82) is 0 Å². The molecule has 5 nitrogen and oxygen atoms in total. The van der Waals surface area contributed by atoms with Crippen LogP contribution in [0.1, 0.15) is 63.9 Å². The number of rotatable bonds is 2. The molecule has 4 rings (SSSR count). The summed E-state index contributed by atoms with van der Waals surface area (Å²) < 4.78 is 6.92. The number of benzene rings is 1. The summed E-state index contributed by atoms with van der Waals surface area (Å²) in [7, 11) is 2.20. The predicted molar refractivity (Wildman–Crippen MR) is 128 cm³/mol. The summed E-state index contributed by atoms with van der Waals surface area (Å²) in [5.41, 5.74) is 2.50. The lowest BCUT2D eigenvalue weighted by Gasteiger charge is -2.34. The first kappa shape index (κ1) is 22.3. The normalized spacial score (nSPS) is 25.5. The van der Waals surface area contributed by atoms with Crippen LogP contribution in [0.5, 0.6) is 0 Å². The second kappa shape index (κ2) is 8.55. The maximum atomic E-state index is 12.9. The van der Waals surface area contributed by atoms with Gasteiger partial charge < -0.3 is 9.64 Å². The van der Waals surface area contributed by atoms with Crippen LogP contribution in [0.25, 0.3) is 15.9 Å². The highest BCUT2D eigenvalue weighted by Gasteiger charge is 2.30. The molecule has 1 aromatic carbocycles. The highest BCUT2D eigenvalue weighted by molar-refractivity contribution is 7.18. The summed E-state index contributed by atoms with van der Waals surface area (Å²) in [5.74, 6) is 1.56. The molecule has 0 radical (unpaired) electrons. The fraction of sp³-hybridized carbons (Fsp3) is 0.600. The van der Waals surface area contributed by atoms with E-state index in [-0.39, 0.29) is 6.09 Å². The molecular formula is C25H35N3O2S. The molecule has 2 aromatic rings. The Morgan fingerprint density at radius 3 is 2.71 bits per heavy atom. The lowest BCUT2D eigenvalue weighted by Crippen LogP contribution is -2.39. The van der Waals surface area contributed by atoms with Crippen LogP contribution in [0.4, 0.5) is 4.79 Å². The van der Waals surface area contributed by atoms with Crippen molar-refractivity contribution >= 4 is 33.3 Å². The zero-order valence-electron chi connectivity index (χ0n) is 19.6. The molecule has 0 aliphatic carbocycles. The van der Waals surface area contributed by atoms with E-state index in [4.69, 9.17) is 9.72 Å². The summed E-state index contributed by atoms with van der Waals surface area (Å²) in [5, 5.41) is 1.25. The maximum Gasteiger partial charge on any atom is 0.414 e. The average Bonchev–Trinajstić information content (AvgIpc) is 3.09. The molecule has 3 atom stereocenters. The summed E-state index contributed by atoms with van der Waals surface area (Å²) in [6, 6.07) is 6.44. The Labute approximate surface area is 190 Å². The molecule has 0 saturated carbocycles. The first-order chi connectivity index (χ1) is 14.6. The quantitative estimate of drug-likeness (QED) is 0.576. The Morgan fingerprint density at radius 2 is 2.00 bits per heavy atom. The Bertz CT molecular complexity index is 990. The fourth-order valence-corrected chi connectivity index (χ4v) is 5.87. The number of carbonyl (C=O) groups excluding carboxylic acids is 1. The SMILES string of the molecule is CC1CN(C)CCC1c1nc2cc(C3=CC[C@H](C)CN3C(=O)OC(C)(C)C)ccc2s1. The van der Waals surface area contributed by atoms with E-state index in [1.807, 2.05) is 32.1 Å². The van der Waals surface area contributed by atoms with Crippen molar-refractivity contribution in [2.45, 2.75) is 59.0 Å². The molecule has 1 amide bonds. The van der Waals surface area contributed by atoms with Crippen molar-refractivity contribution < 1.29 is 9.53 Å². The second-order valence-corrected chi connectivity index (χ2v) is 11.5. The predicted octanol–water partition coefficient (Wildman–Crippen LogP) is 5.97. The average molecular weight is 442 g/mol. The Morgan fingerprint density at radius 1 is 1.23 bits per heavy atom. The third-order valence-electron chi connectivity index (χ3n) is 6.24. The number of thiazole rings is 1. The fourth-order valence-electron chi connectivity index (χ4n) is 4.66. The van der Waals surface area contributed by atoms with Gasteiger partial charge >= 0.3 is 6.09 Å². The molecule has 31 heavy (non-hydrogen) atoms. The monoisotopic (exact) mass is 441 g/mol. The highest BCUT2D eigenvalue weighted by atomic mass is 32.1. The van der Waals surface area contributed by atoms with Crippen LogP contribution >= 0.6 is 11.3 Å². The zero-order valence-corrected chi connectivity index (χ0v) is 20.5. The number of hydrogen-bond acceptors (Lipinski definition) is 5. The molecule has 168 valence electrons. The lowest BCUT2D eigenvalue weighted by atomic mass is 9.88. The van der Waals surface area contributed by atoms with E-state index in [9.17, 15) is 4.79 Å². The smallest absolute Gasteiger partial charge is 0.414 e.